The molecule has 0 aromatic heterocycles. The van der Waals surface area contributed by atoms with E-state index >= 15 is 0 Å². The molecule has 3 nitrogen and oxygen atoms in total. The number of aliphatic hydroxyl groups excluding tert-OH is 1. The molecule has 2 N–H and O–H groups in total. The summed E-state index contributed by atoms with van der Waals surface area (Å²) in [5, 5.41) is 12.7. The van der Waals surface area contributed by atoms with Crippen molar-refractivity contribution in [1.82, 2.24) is 10.2 Å². The average molecular weight is 228 g/mol. The zero-order valence-electron chi connectivity index (χ0n) is 11.1. The second-order valence-corrected chi connectivity index (χ2v) is 5.01. The van der Waals surface area contributed by atoms with Crippen LogP contribution in [0.25, 0.3) is 0 Å². The van der Waals surface area contributed by atoms with Crippen molar-refractivity contribution in [2.24, 2.45) is 5.92 Å². The Morgan fingerprint density at radius 3 is 2.38 bits per heavy atom. The summed E-state index contributed by atoms with van der Waals surface area (Å²) in [6.45, 7) is 10.6. The molecule has 1 unspecified atom stereocenters. The fourth-order valence-electron chi connectivity index (χ4n) is 2.58. The highest BCUT2D eigenvalue weighted by Crippen LogP contribution is 2.20. The van der Waals surface area contributed by atoms with E-state index in [1.165, 1.54) is 32.5 Å². The third kappa shape index (κ3) is 4.04. The second kappa shape index (κ2) is 7.25. The smallest absolute Gasteiger partial charge is 0.0584 e. The van der Waals surface area contributed by atoms with E-state index in [1.54, 1.807) is 0 Å². The summed E-state index contributed by atoms with van der Waals surface area (Å²) in [4.78, 5) is 2.52. The van der Waals surface area contributed by atoms with E-state index < -0.39 is 0 Å². The van der Waals surface area contributed by atoms with Crippen molar-refractivity contribution < 1.29 is 5.11 Å². The van der Waals surface area contributed by atoms with Crippen molar-refractivity contribution in [3.05, 3.63) is 0 Å². The van der Waals surface area contributed by atoms with Crippen LogP contribution in [0.2, 0.25) is 0 Å². The Hall–Kier alpha value is -0.120. The van der Waals surface area contributed by atoms with Crippen LogP contribution in [-0.4, -0.2) is 48.3 Å². The Morgan fingerprint density at radius 2 is 1.94 bits per heavy atom. The molecule has 0 aromatic rings. The van der Waals surface area contributed by atoms with Crippen LogP contribution in [0.1, 0.15) is 40.0 Å². The van der Waals surface area contributed by atoms with Crippen molar-refractivity contribution in [3.8, 4) is 0 Å². The van der Waals surface area contributed by atoms with Crippen LogP contribution in [0.4, 0.5) is 0 Å². The van der Waals surface area contributed by atoms with Crippen LogP contribution in [0.3, 0.4) is 0 Å². The fourth-order valence-corrected chi connectivity index (χ4v) is 2.58. The van der Waals surface area contributed by atoms with E-state index in [-0.39, 0.29) is 12.6 Å². The highest BCUT2D eigenvalue weighted by atomic mass is 16.3. The second-order valence-electron chi connectivity index (χ2n) is 5.01. The lowest BCUT2D eigenvalue weighted by molar-refractivity contribution is 0.152. The summed E-state index contributed by atoms with van der Waals surface area (Å²) in [6, 6.07) is 0.815. The molecular formula is C13H28N2O. The molecule has 0 spiro atoms. The van der Waals surface area contributed by atoms with Gasteiger partial charge in [0.1, 0.15) is 0 Å². The van der Waals surface area contributed by atoms with Crippen LogP contribution in [0, 0.1) is 5.92 Å². The Kier molecular flexibility index (Phi) is 6.32. The molecule has 0 aromatic carbocycles. The molecule has 0 saturated carbocycles. The SMILES string of the molecule is CC[C@@H](CO)NC(C)C1CCN(CC)CC1. The highest BCUT2D eigenvalue weighted by molar-refractivity contribution is 4.81. The standard InChI is InChI=1S/C13H28N2O/c1-4-13(10-16)14-11(3)12-6-8-15(5-2)9-7-12/h11-14,16H,4-10H2,1-3H3/t11?,13-/m0/s1. The summed E-state index contributed by atoms with van der Waals surface area (Å²) in [5.74, 6) is 0.781. The van der Waals surface area contributed by atoms with Crippen LogP contribution < -0.4 is 5.32 Å². The van der Waals surface area contributed by atoms with Gasteiger partial charge in [0.25, 0.3) is 0 Å². The van der Waals surface area contributed by atoms with Gasteiger partial charge in [-0.05, 0) is 51.7 Å². The Morgan fingerprint density at radius 1 is 1.31 bits per heavy atom. The summed E-state index contributed by atoms with van der Waals surface area (Å²) in [7, 11) is 0. The number of nitrogens with one attached hydrogen (secondary N) is 1. The van der Waals surface area contributed by atoms with Crippen LogP contribution in [0.5, 0.6) is 0 Å². The minimum absolute atomic E-state index is 0.259. The van der Waals surface area contributed by atoms with E-state index in [4.69, 9.17) is 0 Å². The van der Waals surface area contributed by atoms with Crippen LogP contribution in [-0.2, 0) is 0 Å². The number of likely N-dealkylation sites (tertiary alicyclic amines) is 1. The molecule has 1 aliphatic heterocycles. The van der Waals surface area contributed by atoms with Crippen molar-refractivity contribution >= 4 is 0 Å². The van der Waals surface area contributed by atoms with E-state index in [0.29, 0.717) is 6.04 Å². The summed E-state index contributed by atoms with van der Waals surface area (Å²) in [6.07, 6.45) is 3.60. The van der Waals surface area contributed by atoms with Gasteiger partial charge in [-0.1, -0.05) is 13.8 Å². The molecular weight excluding hydrogens is 200 g/mol. The molecule has 0 bridgehead atoms. The third-order valence-electron chi connectivity index (χ3n) is 4.00. The Labute approximate surface area is 100 Å². The summed E-state index contributed by atoms with van der Waals surface area (Å²) in [5.41, 5.74) is 0. The van der Waals surface area contributed by atoms with Crippen molar-refractivity contribution in [2.75, 3.05) is 26.2 Å². The molecule has 1 fully saturated rings. The average Bonchev–Trinajstić information content (AvgIpc) is 2.35. The fraction of sp³-hybridized carbons (Fsp3) is 1.00. The van der Waals surface area contributed by atoms with Crippen LogP contribution >= 0.6 is 0 Å². The third-order valence-corrected chi connectivity index (χ3v) is 4.00. The Bertz CT molecular complexity index is 175. The molecule has 2 atom stereocenters. The van der Waals surface area contributed by atoms with E-state index in [1.807, 2.05) is 0 Å². The molecule has 1 aliphatic rings. The van der Waals surface area contributed by atoms with Gasteiger partial charge in [-0.15, -0.1) is 0 Å². The predicted octanol–water partition coefficient (Wildman–Crippen LogP) is 1.47. The van der Waals surface area contributed by atoms with E-state index in [0.717, 1.165) is 12.3 Å². The summed E-state index contributed by atoms with van der Waals surface area (Å²) >= 11 is 0. The normalized spacial score (nSPS) is 23.2. The largest absolute Gasteiger partial charge is 0.395 e. The first-order valence-electron chi connectivity index (χ1n) is 6.80. The van der Waals surface area contributed by atoms with Gasteiger partial charge in [0.2, 0.25) is 0 Å². The molecule has 0 aliphatic carbocycles. The maximum atomic E-state index is 9.18. The van der Waals surface area contributed by atoms with Crippen molar-refractivity contribution in [3.63, 3.8) is 0 Å². The number of hydrogen-bond acceptors (Lipinski definition) is 3. The van der Waals surface area contributed by atoms with Gasteiger partial charge < -0.3 is 15.3 Å². The van der Waals surface area contributed by atoms with Gasteiger partial charge >= 0.3 is 0 Å². The Balaban J connectivity index is 2.29. The minimum Gasteiger partial charge on any atom is -0.395 e. The zero-order chi connectivity index (χ0) is 12.0. The monoisotopic (exact) mass is 228 g/mol. The number of hydrogen-bond donors (Lipinski definition) is 2. The van der Waals surface area contributed by atoms with Gasteiger partial charge in [-0.25, -0.2) is 0 Å². The quantitative estimate of drug-likeness (QED) is 0.722. The molecule has 1 saturated heterocycles. The van der Waals surface area contributed by atoms with E-state index in [2.05, 4.69) is 31.0 Å². The number of rotatable bonds is 6. The molecule has 16 heavy (non-hydrogen) atoms. The topological polar surface area (TPSA) is 35.5 Å². The molecule has 1 rings (SSSR count). The van der Waals surface area contributed by atoms with Gasteiger partial charge in [0.15, 0.2) is 0 Å². The first-order valence-corrected chi connectivity index (χ1v) is 6.80. The first-order chi connectivity index (χ1) is 7.71. The molecule has 0 radical (unpaired) electrons. The van der Waals surface area contributed by atoms with Gasteiger partial charge in [-0.2, -0.15) is 0 Å². The lowest BCUT2D eigenvalue weighted by atomic mass is 9.90. The lowest BCUT2D eigenvalue weighted by Gasteiger charge is -2.35. The van der Waals surface area contributed by atoms with Gasteiger partial charge in [0.05, 0.1) is 6.61 Å². The van der Waals surface area contributed by atoms with Crippen LogP contribution in [0.15, 0.2) is 0 Å². The molecule has 1 heterocycles. The number of aliphatic hydroxyl groups is 1. The maximum absolute atomic E-state index is 9.18. The maximum Gasteiger partial charge on any atom is 0.0584 e. The van der Waals surface area contributed by atoms with Gasteiger partial charge in [0, 0.05) is 12.1 Å². The molecule has 0 amide bonds. The number of piperidine rings is 1. The first kappa shape index (κ1) is 13.9. The van der Waals surface area contributed by atoms with Crippen molar-refractivity contribution in [1.29, 1.82) is 0 Å². The minimum atomic E-state index is 0.259. The van der Waals surface area contributed by atoms with E-state index in [9.17, 15) is 5.11 Å². The lowest BCUT2D eigenvalue weighted by Crippen LogP contribution is -2.46. The van der Waals surface area contributed by atoms with Gasteiger partial charge in [-0.3, -0.25) is 0 Å². The summed E-state index contributed by atoms with van der Waals surface area (Å²) < 4.78 is 0. The highest BCUT2D eigenvalue weighted by Gasteiger charge is 2.24. The molecule has 3 heteroatoms. The predicted molar refractivity (Wildman–Crippen MR) is 68.6 cm³/mol. The zero-order valence-corrected chi connectivity index (χ0v) is 11.1. The molecule has 96 valence electrons. The van der Waals surface area contributed by atoms with Crippen molar-refractivity contribution in [2.45, 2.75) is 52.1 Å². The number of nitrogens with zero attached hydrogens (tertiary/aromatic N) is 1.